The van der Waals surface area contributed by atoms with Gasteiger partial charge in [-0.15, -0.1) is 11.3 Å². The van der Waals surface area contributed by atoms with E-state index in [0.29, 0.717) is 29.4 Å². The molecular formula is C22H16FN3OS. The van der Waals surface area contributed by atoms with Crippen molar-refractivity contribution in [3.05, 3.63) is 87.7 Å². The minimum absolute atomic E-state index is 0.289. The maximum absolute atomic E-state index is 13.7. The smallest absolute Gasteiger partial charge is 0.246 e. The first-order valence-electron chi connectivity index (χ1n) is 8.66. The molecule has 138 valence electrons. The third-order valence-corrected chi connectivity index (χ3v) is 4.84. The number of aromatic nitrogens is 2. The first-order valence-corrected chi connectivity index (χ1v) is 9.54. The average Bonchev–Trinajstić information content (AvgIpc) is 3.39. The summed E-state index contributed by atoms with van der Waals surface area (Å²) in [5, 5.41) is 9.18. The SMILES string of the molecule is Cc1ccc(-c2noc(CNc3cccc(C#Cc4cccs4)c3)n2)cc1F. The Morgan fingerprint density at radius 1 is 1.11 bits per heavy atom. The number of anilines is 1. The van der Waals surface area contributed by atoms with E-state index in [1.54, 1.807) is 30.4 Å². The summed E-state index contributed by atoms with van der Waals surface area (Å²) in [6.45, 7) is 2.08. The Bertz CT molecular complexity index is 1160. The molecule has 0 unspecified atom stereocenters. The summed E-state index contributed by atoms with van der Waals surface area (Å²) in [6, 6.07) is 16.7. The zero-order valence-corrected chi connectivity index (χ0v) is 15.9. The molecule has 0 atom stereocenters. The number of aryl methyl sites for hydroxylation is 1. The normalized spacial score (nSPS) is 10.4. The van der Waals surface area contributed by atoms with Crippen LogP contribution in [0.4, 0.5) is 10.1 Å². The van der Waals surface area contributed by atoms with Crippen molar-refractivity contribution in [2.75, 3.05) is 5.32 Å². The molecule has 0 aliphatic heterocycles. The van der Waals surface area contributed by atoms with Crippen LogP contribution in [0.2, 0.25) is 0 Å². The molecule has 1 N–H and O–H groups in total. The topological polar surface area (TPSA) is 51.0 Å². The van der Waals surface area contributed by atoms with Gasteiger partial charge in [-0.1, -0.05) is 41.3 Å². The number of benzene rings is 2. The molecule has 6 heteroatoms. The molecule has 0 radical (unpaired) electrons. The molecule has 0 aliphatic rings. The van der Waals surface area contributed by atoms with Gasteiger partial charge in [0.2, 0.25) is 11.7 Å². The second-order valence-electron chi connectivity index (χ2n) is 6.14. The van der Waals surface area contributed by atoms with Gasteiger partial charge in [-0.05, 0) is 48.2 Å². The van der Waals surface area contributed by atoms with Gasteiger partial charge < -0.3 is 9.84 Å². The fourth-order valence-electron chi connectivity index (χ4n) is 2.54. The Kier molecular flexibility index (Phi) is 5.18. The summed E-state index contributed by atoms with van der Waals surface area (Å²) >= 11 is 1.62. The minimum Gasteiger partial charge on any atom is -0.376 e. The quantitative estimate of drug-likeness (QED) is 0.484. The van der Waals surface area contributed by atoms with Crippen LogP contribution in [0, 0.1) is 24.6 Å². The number of hydrogen-bond donors (Lipinski definition) is 1. The largest absolute Gasteiger partial charge is 0.376 e. The van der Waals surface area contributed by atoms with Crippen LogP contribution in [-0.2, 0) is 6.54 Å². The fraction of sp³-hybridized carbons (Fsp3) is 0.0909. The lowest BCUT2D eigenvalue weighted by atomic mass is 10.1. The molecule has 4 nitrogen and oxygen atoms in total. The molecule has 0 saturated carbocycles. The number of halogens is 1. The van der Waals surface area contributed by atoms with E-state index in [-0.39, 0.29) is 5.82 Å². The minimum atomic E-state index is -0.289. The van der Waals surface area contributed by atoms with Crippen LogP contribution < -0.4 is 5.32 Å². The maximum Gasteiger partial charge on any atom is 0.246 e. The second-order valence-corrected chi connectivity index (χ2v) is 7.09. The van der Waals surface area contributed by atoms with E-state index in [9.17, 15) is 4.39 Å². The van der Waals surface area contributed by atoms with Crippen molar-refractivity contribution in [2.24, 2.45) is 0 Å². The van der Waals surface area contributed by atoms with E-state index in [1.807, 2.05) is 41.8 Å². The zero-order valence-electron chi connectivity index (χ0n) is 15.1. The Labute approximate surface area is 166 Å². The lowest BCUT2D eigenvalue weighted by Crippen LogP contribution is -1.99. The average molecular weight is 389 g/mol. The Balaban J connectivity index is 1.43. The van der Waals surface area contributed by atoms with Crippen molar-refractivity contribution in [3.8, 4) is 23.2 Å². The van der Waals surface area contributed by atoms with Gasteiger partial charge in [0.15, 0.2) is 0 Å². The van der Waals surface area contributed by atoms with Gasteiger partial charge in [-0.2, -0.15) is 4.98 Å². The zero-order chi connectivity index (χ0) is 19.3. The standard InChI is InChI=1S/C22H16FN3OS/c1-15-7-9-17(13-20(15)23)22-25-21(27-26-22)14-24-18-5-2-4-16(12-18)8-10-19-6-3-11-28-19/h2-7,9,11-13,24H,14H2,1H3. The van der Waals surface area contributed by atoms with Gasteiger partial charge in [-0.25, -0.2) is 4.39 Å². The Morgan fingerprint density at radius 2 is 2.04 bits per heavy atom. The molecule has 28 heavy (non-hydrogen) atoms. The van der Waals surface area contributed by atoms with Crippen LogP contribution >= 0.6 is 11.3 Å². The van der Waals surface area contributed by atoms with Crippen molar-refractivity contribution in [1.29, 1.82) is 0 Å². The van der Waals surface area contributed by atoms with Crippen molar-refractivity contribution < 1.29 is 8.91 Å². The van der Waals surface area contributed by atoms with Gasteiger partial charge in [0.05, 0.1) is 11.4 Å². The van der Waals surface area contributed by atoms with Crippen LogP contribution in [0.25, 0.3) is 11.4 Å². The van der Waals surface area contributed by atoms with E-state index in [0.717, 1.165) is 16.1 Å². The van der Waals surface area contributed by atoms with E-state index >= 15 is 0 Å². The molecule has 0 fully saturated rings. The van der Waals surface area contributed by atoms with Crippen molar-refractivity contribution >= 4 is 17.0 Å². The molecule has 0 spiro atoms. The summed E-state index contributed by atoms with van der Waals surface area (Å²) in [4.78, 5) is 5.36. The lowest BCUT2D eigenvalue weighted by molar-refractivity contribution is 0.384. The third kappa shape index (κ3) is 4.27. The Morgan fingerprint density at radius 3 is 2.86 bits per heavy atom. The van der Waals surface area contributed by atoms with E-state index in [2.05, 4.69) is 27.3 Å². The molecule has 0 saturated heterocycles. The highest BCUT2D eigenvalue weighted by atomic mass is 32.1. The molecule has 0 bridgehead atoms. The fourth-order valence-corrected chi connectivity index (χ4v) is 3.11. The van der Waals surface area contributed by atoms with Gasteiger partial charge in [0.1, 0.15) is 5.82 Å². The Hall–Kier alpha value is -3.43. The van der Waals surface area contributed by atoms with E-state index in [1.165, 1.54) is 6.07 Å². The first-order chi connectivity index (χ1) is 13.7. The van der Waals surface area contributed by atoms with Gasteiger partial charge >= 0.3 is 0 Å². The molecule has 4 aromatic rings. The van der Waals surface area contributed by atoms with Crippen LogP contribution in [0.1, 0.15) is 21.9 Å². The van der Waals surface area contributed by atoms with Crippen molar-refractivity contribution in [2.45, 2.75) is 13.5 Å². The van der Waals surface area contributed by atoms with Crippen LogP contribution in [0.3, 0.4) is 0 Å². The number of thiophene rings is 1. The predicted octanol–water partition coefficient (Wildman–Crippen LogP) is 5.26. The van der Waals surface area contributed by atoms with Crippen LogP contribution in [-0.4, -0.2) is 10.1 Å². The predicted molar refractivity (Wildman–Crippen MR) is 108 cm³/mol. The molecular weight excluding hydrogens is 373 g/mol. The maximum atomic E-state index is 13.7. The first kappa shape index (κ1) is 18.0. The number of nitrogens with zero attached hydrogens (tertiary/aromatic N) is 2. The molecule has 2 aromatic heterocycles. The highest BCUT2D eigenvalue weighted by Gasteiger charge is 2.10. The summed E-state index contributed by atoms with van der Waals surface area (Å²) in [5.74, 6) is 6.80. The molecule has 0 amide bonds. The lowest BCUT2D eigenvalue weighted by Gasteiger charge is -2.03. The van der Waals surface area contributed by atoms with E-state index in [4.69, 9.17) is 4.52 Å². The molecule has 2 heterocycles. The van der Waals surface area contributed by atoms with E-state index < -0.39 is 0 Å². The van der Waals surface area contributed by atoms with Crippen LogP contribution in [0.5, 0.6) is 0 Å². The van der Waals surface area contributed by atoms with Crippen molar-refractivity contribution in [3.63, 3.8) is 0 Å². The molecule has 0 aliphatic carbocycles. The summed E-state index contributed by atoms with van der Waals surface area (Å²) in [5.41, 5.74) is 2.99. The number of rotatable bonds is 4. The highest BCUT2D eigenvalue weighted by molar-refractivity contribution is 7.10. The van der Waals surface area contributed by atoms with Crippen molar-refractivity contribution in [1.82, 2.24) is 10.1 Å². The second kappa shape index (κ2) is 8.07. The van der Waals surface area contributed by atoms with Gasteiger partial charge in [-0.3, -0.25) is 0 Å². The van der Waals surface area contributed by atoms with Gasteiger partial charge in [0, 0.05) is 16.8 Å². The monoisotopic (exact) mass is 389 g/mol. The number of hydrogen-bond acceptors (Lipinski definition) is 5. The molecule has 2 aromatic carbocycles. The summed E-state index contributed by atoms with van der Waals surface area (Å²) in [6.07, 6.45) is 0. The third-order valence-electron chi connectivity index (χ3n) is 4.06. The summed E-state index contributed by atoms with van der Waals surface area (Å²) in [7, 11) is 0. The summed E-state index contributed by atoms with van der Waals surface area (Å²) < 4.78 is 19.0. The number of nitrogens with one attached hydrogen (secondary N) is 1. The highest BCUT2D eigenvalue weighted by Crippen LogP contribution is 2.19. The van der Waals surface area contributed by atoms with Gasteiger partial charge in [0.25, 0.3) is 0 Å². The molecule has 4 rings (SSSR count). The van der Waals surface area contributed by atoms with Crippen LogP contribution in [0.15, 0.2) is 64.5 Å².